The summed E-state index contributed by atoms with van der Waals surface area (Å²) in [6.45, 7) is 9.87. The summed E-state index contributed by atoms with van der Waals surface area (Å²) in [7, 11) is 1.62. The molecule has 2 aromatic rings. The second-order valence-electron chi connectivity index (χ2n) is 9.27. The summed E-state index contributed by atoms with van der Waals surface area (Å²) in [5, 5.41) is 0. The monoisotopic (exact) mass is 547 g/mol. The van der Waals surface area contributed by atoms with Crippen molar-refractivity contribution in [3.8, 4) is 5.75 Å². The Morgan fingerprint density at radius 1 is 1.11 bits per heavy atom. The van der Waals surface area contributed by atoms with E-state index in [0.717, 1.165) is 34.0 Å². The van der Waals surface area contributed by atoms with Crippen LogP contribution in [0.5, 0.6) is 5.75 Å². The van der Waals surface area contributed by atoms with Crippen molar-refractivity contribution in [3.63, 3.8) is 0 Å². The van der Waals surface area contributed by atoms with Gasteiger partial charge in [0.05, 0.1) is 36.8 Å². The van der Waals surface area contributed by atoms with Crippen LogP contribution in [0.1, 0.15) is 69.7 Å². The van der Waals surface area contributed by atoms with Crippen LogP contribution in [0.2, 0.25) is 0 Å². The molecule has 192 valence electrons. The quantitative estimate of drug-likeness (QED) is 0.115. The van der Waals surface area contributed by atoms with Gasteiger partial charge in [0.15, 0.2) is 6.79 Å². The van der Waals surface area contributed by atoms with Gasteiger partial charge in [0.25, 0.3) is 0 Å². The minimum atomic E-state index is -0.489. The average Bonchev–Trinajstić information content (AvgIpc) is 2.82. The number of ether oxygens (including phenoxy) is 4. The fourth-order valence-electron chi connectivity index (χ4n) is 3.25. The first-order valence-corrected chi connectivity index (χ1v) is 12.8. The Balaban J connectivity index is 2.44. The number of benzene rings is 2. The largest absolute Gasteiger partial charge is 0.466 e. The van der Waals surface area contributed by atoms with Crippen LogP contribution in [0.15, 0.2) is 51.9 Å². The lowest BCUT2D eigenvalue weighted by molar-refractivity contribution is -0.144. The summed E-state index contributed by atoms with van der Waals surface area (Å²) >= 11 is 3.68. The molecule has 0 amide bonds. The van der Waals surface area contributed by atoms with E-state index in [4.69, 9.17) is 23.9 Å². The molecule has 0 saturated heterocycles. The van der Waals surface area contributed by atoms with Crippen LogP contribution < -0.4 is 4.74 Å². The van der Waals surface area contributed by atoms with Crippen molar-refractivity contribution in [3.05, 3.63) is 63.6 Å². The Morgan fingerprint density at radius 2 is 1.86 bits per heavy atom. The van der Waals surface area contributed by atoms with Gasteiger partial charge >= 0.3 is 5.97 Å². The van der Waals surface area contributed by atoms with Gasteiger partial charge in [0, 0.05) is 18.9 Å². The first kappa shape index (κ1) is 29.0. The van der Waals surface area contributed by atoms with E-state index in [2.05, 4.69) is 49.7 Å². The minimum absolute atomic E-state index is 0.0554. The van der Waals surface area contributed by atoms with Gasteiger partial charge in [-0.25, -0.2) is 0 Å². The highest BCUT2D eigenvalue weighted by Gasteiger charge is 2.25. The number of rotatable bonds is 14. The van der Waals surface area contributed by atoms with Gasteiger partial charge in [-0.3, -0.25) is 9.79 Å². The molecular formula is C28H38BrNO5. The molecule has 0 spiro atoms. The van der Waals surface area contributed by atoms with Crippen LogP contribution in [0.25, 0.3) is 0 Å². The zero-order chi connectivity index (χ0) is 25.7. The number of hydrogen-bond donors (Lipinski definition) is 0. The second-order valence-corrected chi connectivity index (χ2v) is 10.1. The number of esters is 1. The van der Waals surface area contributed by atoms with Crippen molar-refractivity contribution >= 4 is 28.1 Å². The Labute approximate surface area is 218 Å². The number of halogens is 1. The van der Waals surface area contributed by atoms with Crippen molar-refractivity contribution in [2.45, 2.75) is 58.4 Å². The third-order valence-corrected chi connectivity index (χ3v) is 5.93. The maximum atomic E-state index is 12.7. The van der Waals surface area contributed by atoms with Crippen molar-refractivity contribution in [1.82, 2.24) is 0 Å². The van der Waals surface area contributed by atoms with Crippen LogP contribution in [0.3, 0.4) is 0 Å². The normalized spacial score (nSPS) is 12.6. The number of hydrogen-bond acceptors (Lipinski definition) is 6. The zero-order valence-corrected chi connectivity index (χ0v) is 23.1. The third kappa shape index (κ3) is 10.1. The maximum Gasteiger partial charge on any atom is 0.308 e. The predicted octanol–water partition coefficient (Wildman–Crippen LogP) is 6.64. The van der Waals surface area contributed by atoms with E-state index < -0.39 is 6.04 Å². The lowest BCUT2D eigenvalue weighted by Crippen LogP contribution is -2.16. The van der Waals surface area contributed by atoms with E-state index >= 15 is 0 Å². The molecule has 0 aliphatic carbocycles. The summed E-state index contributed by atoms with van der Waals surface area (Å²) in [5.74, 6) is 0.320. The molecule has 2 rings (SSSR count). The molecule has 0 fully saturated rings. The topological polar surface area (TPSA) is 66.4 Å². The van der Waals surface area contributed by atoms with Crippen LogP contribution >= 0.6 is 15.9 Å². The Hall–Kier alpha value is -2.22. The van der Waals surface area contributed by atoms with E-state index in [1.54, 1.807) is 13.3 Å². The van der Waals surface area contributed by atoms with Gasteiger partial charge < -0.3 is 18.9 Å². The number of nitrogens with zero attached hydrogens (tertiary/aromatic N) is 1. The molecule has 1 atom stereocenters. The standard InChI is InChI=1S/C28H38BrNO5/c1-6-7-13-34-26(31)18-25(30-19-21-11-9-8-10-12-21)23-16-22(28(2,3)4)17-24(29)27(23)35-20-33-15-14-32-5/h8-12,16-17,19,25H,6-7,13-15,18,20H2,1-5H3/b30-19+/t25-/m0/s1. The van der Waals surface area contributed by atoms with Crippen LogP contribution in [-0.2, 0) is 24.4 Å². The van der Waals surface area contributed by atoms with Crippen LogP contribution in [0, 0.1) is 0 Å². The highest BCUT2D eigenvalue weighted by atomic mass is 79.9. The van der Waals surface area contributed by atoms with Gasteiger partial charge in [0.1, 0.15) is 5.75 Å². The summed E-state index contributed by atoms with van der Waals surface area (Å²) < 4.78 is 22.9. The highest BCUT2D eigenvalue weighted by Crippen LogP contribution is 2.40. The maximum absolute atomic E-state index is 12.7. The van der Waals surface area contributed by atoms with Gasteiger partial charge in [-0.2, -0.15) is 0 Å². The molecule has 0 aliphatic rings. The first-order chi connectivity index (χ1) is 16.8. The molecule has 0 aromatic heterocycles. The lowest BCUT2D eigenvalue weighted by Gasteiger charge is -2.25. The third-order valence-electron chi connectivity index (χ3n) is 5.34. The van der Waals surface area contributed by atoms with Crippen molar-refractivity contribution in [2.24, 2.45) is 4.99 Å². The SMILES string of the molecule is CCCCOC(=O)C[C@H](/N=C/c1ccccc1)c1cc(C(C)(C)C)cc(Br)c1OCOCCOC. The second kappa shape index (κ2) is 15.0. The van der Waals surface area contributed by atoms with Gasteiger partial charge in [-0.05, 0) is 51.0 Å². The average molecular weight is 549 g/mol. The number of carbonyl (C=O) groups is 1. The fraction of sp³-hybridized carbons (Fsp3) is 0.500. The number of unbranched alkanes of at least 4 members (excludes halogenated alkanes) is 1. The number of aliphatic imine (C=N–C) groups is 1. The molecule has 7 heteroatoms. The van der Waals surface area contributed by atoms with Crippen LogP contribution in [-0.4, -0.2) is 45.9 Å². The van der Waals surface area contributed by atoms with E-state index in [1.807, 2.05) is 36.4 Å². The fourth-order valence-corrected chi connectivity index (χ4v) is 3.84. The molecule has 0 N–H and O–H groups in total. The van der Waals surface area contributed by atoms with Crippen molar-refractivity contribution < 1.29 is 23.7 Å². The Morgan fingerprint density at radius 3 is 2.51 bits per heavy atom. The zero-order valence-electron chi connectivity index (χ0n) is 21.5. The number of methoxy groups -OCH3 is 1. The van der Waals surface area contributed by atoms with E-state index in [-0.39, 0.29) is 24.6 Å². The predicted molar refractivity (Wildman–Crippen MR) is 143 cm³/mol. The van der Waals surface area contributed by atoms with Crippen molar-refractivity contribution in [1.29, 1.82) is 0 Å². The van der Waals surface area contributed by atoms with E-state index in [1.165, 1.54) is 0 Å². The molecule has 2 aromatic carbocycles. The highest BCUT2D eigenvalue weighted by molar-refractivity contribution is 9.10. The minimum Gasteiger partial charge on any atom is -0.466 e. The van der Waals surface area contributed by atoms with Crippen LogP contribution in [0.4, 0.5) is 0 Å². The van der Waals surface area contributed by atoms with Gasteiger partial charge in [-0.1, -0.05) is 64.4 Å². The Kier molecular flexibility index (Phi) is 12.4. The summed E-state index contributed by atoms with van der Waals surface area (Å²) in [5.41, 5.74) is 2.75. The molecule has 0 bridgehead atoms. The molecular weight excluding hydrogens is 510 g/mol. The molecule has 35 heavy (non-hydrogen) atoms. The molecule has 0 heterocycles. The van der Waals surface area contributed by atoms with Gasteiger partial charge in [-0.15, -0.1) is 0 Å². The van der Waals surface area contributed by atoms with E-state index in [0.29, 0.717) is 25.6 Å². The molecule has 0 unspecified atom stereocenters. The summed E-state index contributed by atoms with van der Waals surface area (Å²) in [4.78, 5) is 17.6. The molecule has 6 nitrogen and oxygen atoms in total. The Bertz CT molecular complexity index is 940. The molecule has 0 radical (unpaired) electrons. The molecule has 0 aliphatic heterocycles. The smallest absolute Gasteiger partial charge is 0.308 e. The first-order valence-electron chi connectivity index (χ1n) is 12.0. The lowest BCUT2D eigenvalue weighted by atomic mass is 9.85. The van der Waals surface area contributed by atoms with Crippen molar-refractivity contribution in [2.75, 3.05) is 33.7 Å². The van der Waals surface area contributed by atoms with Gasteiger partial charge in [0.2, 0.25) is 0 Å². The summed E-state index contributed by atoms with van der Waals surface area (Å²) in [6, 6.07) is 13.4. The van der Waals surface area contributed by atoms with E-state index in [9.17, 15) is 4.79 Å². The molecule has 0 saturated carbocycles. The summed E-state index contributed by atoms with van der Waals surface area (Å²) in [6.07, 6.45) is 3.70. The number of carbonyl (C=O) groups excluding carboxylic acids is 1.